The molecular formula is C75H146O17P2. The van der Waals surface area contributed by atoms with E-state index in [1.54, 1.807) is 0 Å². The average Bonchev–Trinajstić information content (AvgIpc) is 1.49. The van der Waals surface area contributed by atoms with Crippen LogP contribution >= 0.6 is 15.6 Å². The Hall–Kier alpha value is -1.94. The highest BCUT2D eigenvalue weighted by atomic mass is 31.2. The third kappa shape index (κ3) is 68.6. The Labute approximate surface area is 575 Å². The van der Waals surface area contributed by atoms with E-state index in [1.807, 2.05) is 0 Å². The lowest BCUT2D eigenvalue weighted by molar-refractivity contribution is -0.161. The van der Waals surface area contributed by atoms with Gasteiger partial charge >= 0.3 is 39.5 Å². The highest BCUT2D eigenvalue weighted by molar-refractivity contribution is 7.47. The number of phosphoric ester groups is 2. The number of ether oxygens (including phenoxy) is 4. The molecule has 0 aromatic carbocycles. The summed E-state index contributed by atoms with van der Waals surface area (Å²) < 4.78 is 68.5. The van der Waals surface area contributed by atoms with Crippen molar-refractivity contribution in [2.45, 2.75) is 412 Å². The van der Waals surface area contributed by atoms with Crippen molar-refractivity contribution in [3.63, 3.8) is 0 Å². The molecule has 0 aliphatic heterocycles. The number of carbonyl (C=O) groups excluding carboxylic acids is 4. The lowest BCUT2D eigenvalue weighted by Crippen LogP contribution is -2.30. The fourth-order valence-corrected chi connectivity index (χ4v) is 13.1. The van der Waals surface area contributed by atoms with Crippen LogP contribution in [0.15, 0.2) is 0 Å². The average molecular weight is 1380 g/mol. The number of phosphoric acid groups is 2. The van der Waals surface area contributed by atoms with Crippen LogP contribution in [0.1, 0.15) is 394 Å². The summed E-state index contributed by atoms with van der Waals surface area (Å²) in [6, 6.07) is 0. The molecule has 0 fully saturated rings. The zero-order valence-corrected chi connectivity index (χ0v) is 62.9. The minimum Gasteiger partial charge on any atom is -0.462 e. The summed E-state index contributed by atoms with van der Waals surface area (Å²) >= 11 is 0. The zero-order chi connectivity index (χ0) is 69.1. The van der Waals surface area contributed by atoms with E-state index in [4.69, 9.17) is 37.0 Å². The molecule has 0 bridgehead atoms. The first-order valence-corrected chi connectivity index (χ1v) is 42.1. The number of carbonyl (C=O) groups is 4. The summed E-state index contributed by atoms with van der Waals surface area (Å²) in [6.07, 6.45) is 56.8. The summed E-state index contributed by atoms with van der Waals surface area (Å²) in [4.78, 5) is 72.7. The van der Waals surface area contributed by atoms with E-state index in [1.165, 1.54) is 218 Å². The van der Waals surface area contributed by atoms with Crippen molar-refractivity contribution < 1.29 is 80.2 Å². The van der Waals surface area contributed by atoms with Gasteiger partial charge in [0, 0.05) is 25.7 Å². The molecule has 94 heavy (non-hydrogen) atoms. The number of aliphatic hydroxyl groups is 1. The smallest absolute Gasteiger partial charge is 0.462 e. The molecule has 0 aliphatic carbocycles. The molecule has 558 valence electrons. The van der Waals surface area contributed by atoms with E-state index < -0.39 is 97.5 Å². The maximum atomic E-state index is 13.1. The van der Waals surface area contributed by atoms with E-state index in [0.29, 0.717) is 25.7 Å². The van der Waals surface area contributed by atoms with Crippen LogP contribution in [0, 0.1) is 5.92 Å². The third-order valence-electron chi connectivity index (χ3n) is 17.5. The van der Waals surface area contributed by atoms with Gasteiger partial charge in [-0.3, -0.25) is 37.3 Å². The van der Waals surface area contributed by atoms with Crippen molar-refractivity contribution >= 4 is 39.5 Å². The predicted octanol–water partition coefficient (Wildman–Crippen LogP) is 22.1. The second kappa shape index (κ2) is 68.2. The van der Waals surface area contributed by atoms with Crippen LogP contribution in [0.3, 0.4) is 0 Å². The van der Waals surface area contributed by atoms with Gasteiger partial charge in [-0.1, -0.05) is 343 Å². The van der Waals surface area contributed by atoms with Crippen LogP contribution in [0.2, 0.25) is 0 Å². The topological polar surface area (TPSA) is 237 Å². The molecule has 0 aliphatic rings. The van der Waals surface area contributed by atoms with Crippen LogP contribution < -0.4 is 0 Å². The van der Waals surface area contributed by atoms with Crippen LogP contribution in [0.5, 0.6) is 0 Å². The van der Waals surface area contributed by atoms with Crippen LogP contribution in [-0.2, 0) is 65.4 Å². The number of rotatable bonds is 75. The van der Waals surface area contributed by atoms with Crippen LogP contribution in [-0.4, -0.2) is 96.7 Å². The summed E-state index contributed by atoms with van der Waals surface area (Å²) in [5.41, 5.74) is 0. The molecular weight excluding hydrogens is 1230 g/mol. The van der Waals surface area contributed by atoms with Gasteiger partial charge in [-0.2, -0.15) is 0 Å². The molecule has 17 nitrogen and oxygen atoms in total. The number of unbranched alkanes of at least 4 members (excludes halogenated alkanes) is 47. The molecule has 0 radical (unpaired) electrons. The highest BCUT2D eigenvalue weighted by Gasteiger charge is 2.30. The van der Waals surface area contributed by atoms with Crippen molar-refractivity contribution in [3.8, 4) is 0 Å². The SMILES string of the molecule is CCCCCCCCCCCCCCCCCCCC(=O)O[C@H](COC(=O)CCCCCCCCCCCCCCCCC)COP(=O)(O)OC[C@@H](O)COP(=O)(O)OC[C@@H](COC(=O)CCCCCCCCCCC)OC(=O)CCCCCCCCCCCCC(C)C. The van der Waals surface area contributed by atoms with E-state index in [0.717, 1.165) is 95.8 Å². The summed E-state index contributed by atoms with van der Waals surface area (Å²) in [5, 5.41) is 10.6. The Bertz CT molecular complexity index is 1810. The number of aliphatic hydroxyl groups excluding tert-OH is 1. The van der Waals surface area contributed by atoms with Gasteiger partial charge < -0.3 is 33.8 Å². The van der Waals surface area contributed by atoms with Crippen molar-refractivity contribution in [2.24, 2.45) is 5.92 Å². The molecule has 3 N–H and O–H groups in total. The molecule has 0 aromatic heterocycles. The van der Waals surface area contributed by atoms with E-state index in [2.05, 4.69) is 34.6 Å². The lowest BCUT2D eigenvalue weighted by Gasteiger charge is -2.21. The number of hydrogen-bond acceptors (Lipinski definition) is 15. The third-order valence-corrected chi connectivity index (χ3v) is 19.4. The van der Waals surface area contributed by atoms with Crippen LogP contribution in [0.25, 0.3) is 0 Å². The Morgan fingerprint density at radius 3 is 0.723 bits per heavy atom. The van der Waals surface area contributed by atoms with Crippen LogP contribution in [0.4, 0.5) is 0 Å². The van der Waals surface area contributed by atoms with Crippen molar-refractivity contribution in [1.82, 2.24) is 0 Å². The fraction of sp³-hybridized carbons (Fsp3) is 0.947. The Morgan fingerprint density at radius 1 is 0.287 bits per heavy atom. The van der Waals surface area contributed by atoms with Crippen molar-refractivity contribution in [3.05, 3.63) is 0 Å². The largest absolute Gasteiger partial charge is 0.472 e. The van der Waals surface area contributed by atoms with Crippen molar-refractivity contribution in [2.75, 3.05) is 39.6 Å². The molecule has 0 aromatic rings. The number of esters is 4. The summed E-state index contributed by atoms with van der Waals surface area (Å²) in [6.45, 7) is 7.27. The fourth-order valence-electron chi connectivity index (χ4n) is 11.5. The monoisotopic (exact) mass is 1380 g/mol. The first kappa shape index (κ1) is 92.1. The molecule has 2 unspecified atom stereocenters. The first-order chi connectivity index (χ1) is 45.5. The minimum atomic E-state index is -4.96. The Morgan fingerprint density at radius 2 is 0.489 bits per heavy atom. The molecule has 0 spiro atoms. The highest BCUT2D eigenvalue weighted by Crippen LogP contribution is 2.45. The molecule has 0 saturated heterocycles. The Kier molecular flexibility index (Phi) is 66.8. The van der Waals surface area contributed by atoms with Gasteiger partial charge in [0.1, 0.15) is 19.3 Å². The lowest BCUT2D eigenvalue weighted by atomic mass is 10.0. The first-order valence-electron chi connectivity index (χ1n) is 39.1. The maximum Gasteiger partial charge on any atom is 0.472 e. The molecule has 0 saturated carbocycles. The second-order valence-corrected chi connectivity index (χ2v) is 30.4. The van der Waals surface area contributed by atoms with Gasteiger partial charge in [0.25, 0.3) is 0 Å². The van der Waals surface area contributed by atoms with E-state index in [9.17, 15) is 43.2 Å². The van der Waals surface area contributed by atoms with Gasteiger partial charge in [0.2, 0.25) is 0 Å². The van der Waals surface area contributed by atoms with Gasteiger partial charge in [0.15, 0.2) is 12.2 Å². The molecule has 0 amide bonds. The van der Waals surface area contributed by atoms with E-state index in [-0.39, 0.29) is 25.7 Å². The Balaban J connectivity index is 5.23. The predicted molar refractivity (Wildman–Crippen MR) is 382 cm³/mol. The van der Waals surface area contributed by atoms with Gasteiger partial charge in [0.05, 0.1) is 26.4 Å². The van der Waals surface area contributed by atoms with Crippen molar-refractivity contribution in [1.29, 1.82) is 0 Å². The van der Waals surface area contributed by atoms with Gasteiger partial charge in [-0.15, -0.1) is 0 Å². The quantitative estimate of drug-likeness (QED) is 0.0222. The summed E-state index contributed by atoms with van der Waals surface area (Å²) in [5.74, 6) is -1.36. The molecule has 5 atom stereocenters. The molecule has 19 heteroatoms. The normalized spacial score (nSPS) is 14.0. The minimum absolute atomic E-state index is 0.106. The number of hydrogen-bond donors (Lipinski definition) is 3. The summed E-state index contributed by atoms with van der Waals surface area (Å²) in [7, 11) is -9.91. The van der Waals surface area contributed by atoms with Gasteiger partial charge in [-0.05, 0) is 31.6 Å². The van der Waals surface area contributed by atoms with Gasteiger partial charge in [-0.25, -0.2) is 9.13 Å². The molecule has 0 rings (SSSR count). The maximum absolute atomic E-state index is 13.1. The zero-order valence-electron chi connectivity index (χ0n) is 61.1. The second-order valence-electron chi connectivity index (χ2n) is 27.5. The molecule has 0 heterocycles. The standard InChI is InChI=1S/C75H146O17P2/c1-6-9-12-15-18-21-23-25-27-28-30-32-34-40-45-50-55-60-74(79)91-71(65-86-73(78)59-54-49-44-39-33-31-29-26-24-22-19-16-13-10-7-2)67-90-94(83,84)88-63-69(76)62-87-93(81,82)89-66-70(64-85-72(77)58-53-48-43-37-20-17-14-11-8-3)92-75(80)61-56-51-46-41-36-35-38-42-47-52-57-68(4)5/h68-71,76H,6-67H2,1-5H3,(H,81,82)(H,83,84)/t69-,70+,71+/m0/s1. The van der Waals surface area contributed by atoms with E-state index >= 15 is 0 Å².